The minimum Gasteiger partial charge on any atom is -0.495 e. The maximum absolute atomic E-state index is 14.0. The molecule has 0 atom stereocenters. The third-order valence-corrected chi connectivity index (χ3v) is 3.75. The third kappa shape index (κ3) is 2.87. The second kappa shape index (κ2) is 5.17. The number of halogens is 1. The van der Waals surface area contributed by atoms with E-state index in [1.54, 1.807) is 0 Å². The molecule has 0 bridgehead atoms. The Morgan fingerprint density at radius 2 is 2.05 bits per heavy atom. The Bertz CT molecular complexity index is 811. The predicted octanol–water partition coefficient (Wildman–Crippen LogP) is 1.59. The van der Waals surface area contributed by atoms with Gasteiger partial charge in [0.15, 0.2) is 21.3 Å². The van der Waals surface area contributed by atoms with Gasteiger partial charge in [0.25, 0.3) is 0 Å². The van der Waals surface area contributed by atoms with Crippen LogP contribution in [0.4, 0.5) is 4.39 Å². The first-order valence-electron chi connectivity index (χ1n) is 5.52. The highest BCUT2D eigenvalue weighted by Gasteiger charge is 2.23. The van der Waals surface area contributed by atoms with Gasteiger partial charge in [-0.25, -0.2) is 17.6 Å². The van der Waals surface area contributed by atoms with Gasteiger partial charge in [0, 0.05) is 17.9 Å². The quantitative estimate of drug-likeness (QED) is 0.913. The Morgan fingerprint density at radius 1 is 1.38 bits per heavy atom. The van der Waals surface area contributed by atoms with Crippen molar-refractivity contribution in [3.63, 3.8) is 0 Å². The predicted molar refractivity (Wildman–Crippen MR) is 68.5 cm³/mol. The number of carboxylic acid groups (broad SMARTS) is 1. The highest BCUT2D eigenvalue weighted by Crippen LogP contribution is 2.33. The lowest BCUT2D eigenvalue weighted by Gasteiger charge is -2.09. The van der Waals surface area contributed by atoms with Crippen molar-refractivity contribution < 1.29 is 32.0 Å². The van der Waals surface area contributed by atoms with E-state index in [2.05, 4.69) is 5.16 Å². The molecule has 0 radical (unpaired) electrons. The molecule has 0 unspecified atom stereocenters. The van der Waals surface area contributed by atoms with Gasteiger partial charge in [-0.15, -0.1) is 0 Å². The lowest BCUT2D eigenvalue weighted by atomic mass is 10.1. The molecule has 1 heterocycles. The minimum absolute atomic E-state index is 0.0235. The van der Waals surface area contributed by atoms with E-state index in [1.807, 2.05) is 0 Å². The molecule has 2 rings (SSSR count). The summed E-state index contributed by atoms with van der Waals surface area (Å²) in [7, 11) is -2.63. The monoisotopic (exact) mass is 315 g/mol. The van der Waals surface area contributed by atoms with Crippen LogP contribution >= 0.6 is 0 Å². The topological polar surface area (TPSA) is 107 Å². The van der Waals surface area contributed by atoms with Crippen LogP contribution in [0.2, 0.25) is 0 Å². The van der Waals surface area contributed by atoms with Crippen molar-refractivity contribution in [1.82, 2.24) is 5.16 Å². The van der Waals surface area contributed by atoms with Crippen LogP contribution in [0.5, 0.6) is 5.75 Å². The van der Waals surface area contributed by atoms with Gasteiger partial charge in [0.1, 0.15) is 16.5 Å². The van der Waals surface area contributed by atoms with E-state index in [0.29, 0.717) is 0 Å². The standard InChI is InChI=1S/C12H10FNO6S/c1-19-10-4-6(3-7(13)11(10)21(2,17)18)9-5-8(12(15)16)14-20-9/h3-5H,1-2H3,(H,15,16). The Balaban J connectivity index is 2.62. The van der Waals surface area contributed by atoms with Gasteiger partial charge in [0.2, 0.25) is 0 Å². The summed E-state index contributed by atoms with van der Waals surface area (Å²) in [4.78, 5) is 10.1. The number of ether oxygens (including phenoxy) is 1. The molecule has 0 aliphatic rings. The number of nitrogens with zero attached hydrogens (tertiary/aromatic N) is 1. The fraction of sp³-hybridized carbons (Fsp3) is 0.167. The Morgan fingerprint density at radius 3 is 2.52 bits per heavy atom. The van der Waals surface area contributed by atoms with Gasteiger partial charge in [-0.3, -0.25) is 0 Å². The van der Waals surface area contributed by atoms with E-state index in [-0.39, 0.29) is 22.8 Å². The van der Waals surface area contributed by atoms with Crippen LogP contribution in [0.25, 0.3) is 11.3 Å². The third-order valence-electron chi connectivity index (χ3n) is 2.61. The molecule has 112 valence electrons. The summed E-state index contributed by atoms with van der Waals surface area (Å²) in [6.07, 6.45) is 0.852. The van der Waals surface area contributed by atoms with Gasteiger partial charge in [-0.05, 0) is 12.1 Å². The second-order valence-corrected chi connectivity index (χ2v) is 6.10. The lowest BCUT2D eigenvalue weighted by Crippen LogP contribution is -2.04. The number of benzene rings is 1. The van der Waals surface area contributed by atoms with Crippen molar-refractivity contribution in [3.05, 3.63) is 29.7 Å². The minimum atomic E-state index is -3.82. The number of rotatable bonds is 4. The maximum Gasteiger partial charge on any atom is 0.358 e. The Labute approximate surface area is 118 Å². The van der Waals surface area contributed by atoms with Crippen LogP contribution in [0.3, 0.4) is 0 Å². The Kier molecular flexibility index (Phi) is 3.69. The van der Waals surface area contributed by atoms with Crippen LogP contribution in [0.1, 0.15) is 10.5 Å². The van der Waals surface area contributed by atoms with Crippen molar-refractivity contribution in [3.8, 4) is 17.1 Å². The normalized spacial score (nSPS) is 11.4. The zero-order chi connectivity index (χ0) is 15.8. The van der Waals surface area contributed by atoms with Crippen LogP contribution in [0, 0.1) is 5.82 Å². The van der Waals surface area contributed by atoms with Gasteiger partial charge in [0.05, 0.1) is 7.11 Å². The van der Waals surface area contributed by atoms with Crippen LogP contribution < -0.4 is 4.74 Å². The number of methoxy groups -OCH3 is 1. The average Bonchev–Trinajstić information content (AvgIpc) is 2.85. The first-order chi connectivity index (χ1) is 9.74. The van der Waals surface area contributed by atoms with E-state index >= 15 is 0 Å². The number of carbonyl (C=O) groups is 1. The molecule has 9 heteroatoms. The number of aromatic nitrogens is 1. The second-order valence-electron chi connectivity index (χ2n) is 4.14. The van der Waals surface area contributed by atoms with Crippen molar-refractivity contribution in [2.24, 2.45) is 0 Å². The molecule has 2 aromatic rings. The van der Waals surface area contributed by atoms with Crippen molar-refractivity contribution in [2.45, 2.75) is 4.90 Å². The van der Waals surface area contributed by atoms with Gasteiger partial charge in [-0.2, -0.15) is 0 Å². The molecule has 1 aromatic heterocycles. The smallest absolute Gasteiger partial charge is 0.358 e. The van der Waals surface area contributed by atoms with Gasteiger partial charge < -0.3 is 14.4 Å². The van der Waals surface area contributed by atoms with Gasteiger partial charge >= 0.3 is 5.97 Å². The summed E-state index contributed by atoms with van der Waals surface area (Å²) in [6, 6.07) is 3.23. The van der Waals surface area contributed by atoms with Crippen molar-refractivity contribution in [2.75, 3.05) is 13.4 Å². The molecule has 21 heavy (non-hydrogen) atoms. The largest absolute Gasteiger partial charge is 0.495 e. The molecule has 0 saturated heterocycles. The zero-order valence-electron chi connectivity index (χ0n) is 11.0. The first-order valence-corrected chi connectivity index (χ1v) is 7.41. The molecule has 1 N–H and O–H groups in total. The highest BCUT2D eigenvalue weighted by molar-refractivity contribution is 7.90. The SMILES string of the molecule is COc1cc(-c2cc(C(=O)O)no2)cc(F)c1S(C)(=O)=O. The molecule has 0 saturated carbocycles. The summed E-state index contributed by atoms with van der Waals surface area (Å²) < 4.78 is 46.8. The number of hydrogen-bond acceptors (Lipinski definition) is 6. The molecule has 0 aliphatic heterocycles. The number of hydrogen-bond donors (Lipinski definition) is 1. The van der Waals surface area contributed by atoms with E-state index in [0.717, 1.165) is 18.4 Å². The molecular formula is C12H10FNO6S. The molecule has 0 spiro atoms. The van der Waals surface area contributed by atoms with Crippen LogP contribution in [0.15, 0.2) is 27.6 Å². The molecule has 0 aliphatic carbocycles. The maximum atomic E-state index is 14.0. The van der Waals surface area contributed by atoms with Crippen molar-refractivity contribution >= 4 is 15.8 Å². The van der Waals surface area contributed by atoms with Crippen LogP contribution in [-0.4, -0.2) is 38.0 Å². The summed E-state index contributed by atoms with van der Waals surface area (Å²) in [5, 5.41) is 12.0. The van der Waals surface area contributed by atoms with Crippen LogP contribution in [-0.2, 0) is 9.84 Å². The first kappa shape index (κ1) is 15.0. The van der Waals surface area contributed by atoms with Crippen molar-refractivity contribution in [1.29, 1.82) is 0 Å². The number of carboxylic acids is 1. The average molecular weight is 315 g/mol. The fourth-order valence-electron chi connectivity index (χ4n) is 1.73. The molecule has 0 amide bonds. The van der Waals surface area contributed by atoms with E-state index < -0.39 is 26.5 Å². The van der Waals surface area contributed by atoms with Gasteiger partial charge in [-0.1, -0.05) is 5.16 Å². The zero-order valence-corrected chi connectivity index (χ0v) is 11.8. The molecular weight excluding hydrogens is 305 g/mol. The molecule has 7 nitrogen and oxygen atoms in total. The molecule has 1 aromatic carbocycles. The van der Waals surface area contributed by atoms with E-state index in [1.165, 1.54) is 13.2 Å². The van der Waals surface area contributed by atoms with E-state index in [4.69, 9.17) is 14.4 Å². The molecule has 0 fully saturated rings. The Hall–Kier alpha value is -2.42. The highest BCUT2D eigenvalue weighted by atomic mass is 32.2. The fourth-order valence-corrected chi connectivity index (χ4v) is 2.65. The summed E-state index contributed by atoms with van der Waals surface area (Å²) in [6.45, 7) is 0. The number of aromatic carboxylic acids is 1. The van der Waals surface area contributed by atoms with E-state index in [9.17, 15) is 17.6 Å². The summed E-state index contributed by atoms with van der Waals surface area (Å²) in [5.74, 6) is -2.56. The number of sulfone groups is 1. The summed E-state index contributed by atoms with van der Waals surface area (Å²) >= 11 is 0. The summed E-state index contributed by atoms with van der Waals surface area (Å²) in [5.41, 5.74) is -0.242. The lowest BCUT2D eigenvalue weighted by molar-refractivity contribution is 0.0686.